The monoisotopic (exact) mass is 356 g/mol. The maximum Gasteiger partial charge on any atom is 0.282 e. The van der Waals surface area contributed by atoms with Crippen molar-refractivity contribution >= 4 is 10.2 Å². The van der Waals surface area contributed by atoms with Crippen LogP contribution in [-0.4, -0.2) is 66.6 Å². The summed E-state index contributed by atoms with van der Waals surface area (Å²) in [4.78, 5) is 4.47. The molecule has 0 bridgehead atoms. The van der Waals surface area contributed by atoms with Gasteiger partial charge in [0.15, 0.2) is 5.82 Å². The first kappa shape index (κ1) is 16.4. The molecule has 1 aromatic rings. The highest BCUT2D eigenvalue weighted by molar-refractivity contribution is 7.86. The zero-order valence-electron chi connectivity index (χ0n) is 13.8. The first-order valence-corrected chi connectivity index (χ1v) is 10.2. The lowest BCUT2D eigenvalue weighted by atomic mass is 9.96. The summed E-state index contributed by atoms with van der Waals surface area (Å²) in [6.45, 7) is 2.95. The van der Waals surface area contributed by atoms with Gasteiger partial charge in [-0.15, -0.1) is 0 Å². The first-order valence-electron chi connectivity index (χ1n) is 8.78. The smallest absolute Gasteiger partial charge is 0.282 e. The predicted molar refractivity (Wildman–Crippen MR) is 85.6 cm³/mol. The van der Waals surface area contributed by atoms with Crippen LogP contribution in [0.5, 0.6) is 0 Å². The Balaban J connectivity index is 1.39. The van der Waals surface area contributed by atoms with E-state index in [1.165, 1.54) is 4.31 Å². The van der Waals surface area contributed by atoms with E-state index < -0.39 is 10.2 Å². The van der Waals surface area contributed by atoms with Crippen molar-refractivity contribution in [3.05, 3.63) is 11.7 Å². The molecule has 1 aliphatic carbocycles. The molecule has 4 rings (SSSR count). The third-order valence-electron chi connectivity index (χ3n) is 4.99. The van der Waals surface area contributed by atoms with Gasteiger partial charge in [-0.3, -0.25) is 0 Å². The average Bonchev–Trinajstić information content (AvgIpc) is 3.36. The number of hydrogen-bond acceptors (Lipinski definition) is 6. The molecule has 0 N–H and O–H groups in total. The number of ether oxygens (including phenoxy) is 1. The van der Waals surface area contributed by atoms with Gasteiger partial charge in [-0.2, -0.15) is 22.0 Å². The molecule has 1 atom stereocenters. The Morgan fingerprint density at radius 3 is 2.62 bits per heavy atom. The molecular weight excluding hydrogens is 332 g/mol. The summed E-state index contributed by atoms with van der Waals surface area (Å²) in [5, 5.41) is 4.04. The molecule has 0 aromatic carbocycles. The van der Waals surface area contributed by atoms with Crippen molar-refractivity contribution < 1.29 is 17.7 Å². The molecule has 0 amide bonds. The number of hydrogen-bond donors (Lipinski definition) is 0. The Morgan fingerprint density at radius 2 is 1.88 bits per heavy atom. The van der Waals surface area contributed by atoms with Crippen LogP contribution in [0.1, 0.15) is 43.3 Å². The summed E-state index contributed by atoms with van der Waals surface area (Å²) in [6.07, 6.45) is 4.82. The van der Waals surface area contributed by atoms with Gasteiger partial charge in [0, 0.05) is 38.5 Å². The molecule has 1 saturated carbocycles. The van der Waals surface area contributed by atoms with E-state index in [0.29, 0.717) is 57.6 Å². The van der Waals surface area contributed by atoms with Gasteiger partial charge in [0.2, 0.25) is 5.89 Å². The topological polar surface area (TPSA) is 88.8 Å². The number of rotatable bonds is 5. The van der Waals surface area contributed by atoms with Crippen LogP contribution in [0.4, 0.5) is 0 Å². The second-order valence-corrected chi connectivity index (χ2v) is 8.84. The minimum Gasteiger partial charge on any atom is -0.379 e. The molecule has 24 heavy (non-hydrogen) atoms. The van der Waals surface area contributed by atoms with Crippen LogP contribution in [0.25, 0.3) is 0 Å². The lowest BCUT2D eigenvalue weighted by molar-refractivity contribution is 0.0690. The average molecular weight is 356 g/mol. The van der Waals surface area contributed by atoms with Gasteiger partial charge in [-0.05, 0) is 31.6 Å². The predicted octanol–water partition coefficient (Wildman–Crippen LogP) is 0.778. The Morgan fingerprint density at radius 1 is 1.08 bits per heavy atom. The second kappa shape index (κ2) is 6.70. The summed E-state index contributed by atoms with van der Waals surface area (Å²) in [5.41, 5.74) is 0. The van der Waals surface area contributed by atoms with Crippen molar-refractivity contribution in [1.82, 2.24) is 18.8 Å². The Bertz CT molecular complexity index is 667. The second-order valence-electron chi connectivity index (χ2n) is 6.91. The highest BCUT2D eigenvalue weighted by Crippen LogP contribution is 2.38. The third kappa shape index (κ3) is 3.49. The maximum atomic E-state index is 12.8. The first-order chi connectivity index (χ1) is 11.6. The van der Waals surface area contributed by atoms with E-state index in [9.17, 15) is 8.42 Å². The zero-order valence-corrected chi connectivity index (χ0v) is 14.6. The van der Waals surface area contributed by atoms with E-state index in [4.69, 9.17) is 9.26 Å². The molecule has 134 valence electrons. The molecule has 2 saturated heterocycles. The summed E-state index contributed by atoms with van der Waals surface area (Å²) >= 11 is 0. The molecule has 8 nitrogen and oxygen atoms in total. The minimum absolute atomic E-state index is 0.238. The zero-order chi connectivity index (χ0) is 16.6. The van der Waals surface area contributed by atoms with Crippen LogP contribution in [-0.2, 0) is 21.4 Å². The summed E-state index contributed by atoms with van der Waals surface area (Å²) < 4.78 is 39.3. The van der Waals surface area contributed by atoms with E-state index >= 15 is 0 Å². The van der Waals surface area contributed by atoms with Gasteiger partial charge in [0.25, 0.3) is 10.2 Å². The van der Waals surface area contributed by atoms with Crippen molar-refractivity contribution in [1.29, 1.82) is 0 Å². The quantitative estimate of drug-likeness (QED) is 0.774. The van der Waals surface area contributed by atoms with Gasteiger partial charge >= 0.3 is 0 Å². The van der Waals surface area contributed by atoms with Crippen molar-refractivity contribution in [2.75, 3.05) is 39.4 Å². The van der Waals surface area contributed by atoms with E-state index in [1.54, 1.807) is 4.31 Å². The van der Waals surface area contributed by atoms with E-state index in [1.807, 2.05) is 0 Å². The largest absolute Gasteiger partial charge is 0.379 e. The maximum absolute atomic E-state index is 12.8. The normalized spacial score (nSPS) is 27.4. The molecule has 3 aliphatic rings. The van der Waals surface area contributed by atoms with Gasteiger partial charge in [-0.25, -0.2) is 0 Å². The van der Waals surface area contributed by atoms with Gasteiger partial charge in [0.05, 0.1) is 13.2 Å². The summed E-state index contributed by atoms with van der Waals surface area (Å²) in [5.74, 6) is 2.18. The highest BCUT2D eigenvalue weighted by Gasteiger charge is 2.35. The van der Waals surface area contributed by atoms with Crippen LogP contribution in [0.2, 0.25) is 0 Å². The van der Waals surface area contributed by atoms with Gasteiger partial charge in [-0.1, -0.05) is 5.16 Å². The molecule has 9 heteroatoms. The number of morpholine rings is 1. The fourth-order valence-corrected chi connectivity index (χ4v) is 5.15. The molecule has 3 heterocycles. The van der Waals surface area contributed by atoms with Crippen LogP contribution >= 0.6 is 0 Å². The third-order valence-corrected chi connectivity index (χ3v) is 7.00. The Kier molecular flexibility index (Phi) is 4.59. The van der Waals surface area contributed by atoms with Crippen molar-refractivity contribution in [3.63, 3.8) is 0 Å². The van der Waals surface area contributed by atoms with Gasteiger partial charge < -0.3 is 9.26 Å². The number of piperidine rings is 1. The minimum atomic E-state index is -3.39. The number of nitrogens with zero attached hydrogens (tertiary/aromatic N) is 4. The van der Waals surface area contributed by atoms with E-state index in [2.05, 4.69) is 10.1 Å². The van der Waals surface area contributed by atoms with Crippen LogP contribution in [0, 0.1) is 5.92 Å². The lowest BCUT2D eigenvalue weighted by Crippen LogP contribution is -2.51. The van der Waals surface area contributed by atoms with Crippen molar-refractivity contribution in [3.8, 4) is 0 Å². The molecule has 2 aliphatic heterocycles. The van der Waals surface area contributed by atoms with Crippen LogP contribution < -0.4 is 0 Å². The van der Waals surface area contributed by atoms with E-state index in [0.717, 1.165) is 31.5 Å². The lowest BCUT2D eigenvalue weighted by Gasteiger charge is -2.36. The highest BCUT2D eigenvalue weighted by atomic mass is 32.2. The Labute approximate surface area is 142 Å². The van der Waals surface area contributed by atoms with Crippen LogP contribution in [0.3, 0.4) is 0 Å². The van der Waals surface area contributed by atoms with E-state index in [-0.39, 0.29) is 5.92 Å². The summed E-state index contributed by atoms with van der Waals surface area (Å²) in [7, 11) is -3.39. The molecular formula is C15H24N4O4S. The molecule has 1 unspecified atom stereocenters. The van der Waals surface area contributed by atoms with Gasteiger partial charge in [0.1, 0.15) is 0 Å². The van der Waals surface area contributed by atoms with Crippen LogP contribution in [0.15, 0.2) is 4.52 Å². The molecule has 1 aromatic heterocycles. The van der Waals surface area contributed by atoms with Crippen molar-refractivity contribution in [2.45, 2.75) is 38.0 Å². The SMILES string of the molecule is O=S(=O)(N1CCOCC1)N1CCCC(Cc2nc(C3CC3)no2)C1. The summed E-state index contributed by atoms with van der Waals surface area (Å²) in [6, 6.07) is 0. The standard InChI is InChI=1S/C15H24N4O4S/c20-24(21,18-6-8-22-9-7-18)19-5-1-2-12(11-19)10-14-16-15(17-23-14)13-3-4-13/h12-13H,1-11H2. The molecule has 0 spiro atoms. The fourth-order valence-electron chi connectivity index (χ4n) is 3.45. The number of aromatic nitrogens is 2. The Hall–Kier alpha value is -1.03. The molecule has 0 radical (unpaired) electrons. The van der Waals surface area contributed by atoms with Crippen molar-refractivity contribution in [2.24, 2.45) is 5.92 Å². The fraction of sp³-hybridized carbons (Fsp3) is 0.867. The molecule has 3 fully saturated rings.